The molecule has 3 heterocycles. The van der Waals surface area contributed by atoms with Crippen molar-refractivity contribution in [2.24, 2.45) is 0 Å². The first kappa shape index (κ1) is 9.61. The minimum Gasteiger partial charge on any atom is -0.297 e. The molecule has 16 heavy (non-hydrogen) atoms. The monoisotopic (exact) mass is 250 g/mol. The number of carbonyl (C=O) groups is 1. The van der Waals surface area contributed by atoms with Crippen LogP contribution in [0.2, 0.25) is 0 Å². The number of carbonyl (C=O) groups excluding carboxylic acids is 1. The zero-order valence-electron chi connectivity index (χ0n) is 8.25. The van der Waals surface area contributed by atoms with Crippen molar-refractivity contribution in [1.82, 2.24) is 19.0 Å². The summed E-state index contributed by atoms with van der Waals surface area (Å²) < 4.78 is 5.73. The van der Waals surface area contributed by atoms with Crippen molar-refractivity contribution in [3.8, 4) is 10.6 Å². The minimum atomic E-state index is 0.674. The minimum absolute atomic E-state index is 0.674. The molecular weight excluding hydrogens is 244 g/mol. The Hall–Kier alpha value is -1.60. The van der Waals surface area contributed by atoms with E-state index in [9.17, 15) is 4.79 Å². The van der Waals surface area contributed by atoms with E-state index in [2.05, 4.69) is 14.6 Å². The van der Waals surface area contributed by atoms with E-state index in [-0.39, 0.29) is 0 Å². The average molecular weight is 250 g/mol. The Kier molecular flexibility index (Phi) is 2.08. The predicted molar refractivity (Wildman–Crippen MR) is 62.1 cm³/mol. The van der Waals surface area contributed by atoms with Crippen LogP contribution in [0.1, 0.15) is 15.4 Å². The van der Waals surface area contributed by atoms with Gasteiger partial charge in [-0.3, -0.25) is 9.20 Å². The number of aryl methyl sites for hydroxylation is 1. The largest absolute Gasteiger partial charge is 0.297 e. The van der Waals surface area contributed by atoms with E-state index < -0.39 is 0 Å². The fraction of sp³-hybridized carbons (Fsp3) is 0.111. The van der Waals surface area contributed by atoms with E-state index in [4.69, 9.17) is 0 Å². The second-order valence-corrected chi connectivity index (χ2v) is 5.05. The van der Waals surface area contributed by atoms with E-state index in [1.165, 1.54) is 22.9 Å². The average Bonchev–Trinajstić information content (AvgIpc) is 2.89. The van der Waals surface area contributed by atoms with Crippen molar-refractivity contribution in [3.63, 3.8) is 0 Å². The normalized spacial score (nSPS) is 11.1. The molecule has 80 valence electrons. The topological polar surface area (TPSA) is 60.2 Å². The van der Waals surface area contributed by atoms with Gasteiger partial charge >= 0.3 is 0 Å². The summed E-state index contributed by atoms with van der Waals surface area (Å²) in [6.45, 7) is 1.91. The highest BCUT2D eigenvalue weighted by Crippen LogP contribution is 2.27. The fourth-order valence-electron chi connectivity index (χ4n) is 1.44. The third-order valence-corrected chi connectivity index (χ3v) is 3.95. The van der Waals surface area contributed by atoms with Crippen LogP contribution in [-0.4, -0.2) is 25.3 Å². The maximum Gasteiger partial charge on any atom is 0.194 e. The van der Waals surface area contributed by atoms with Gasteiger partial charge in [-0.05, 0) is 18.5 Å². The van der Waals surface area contributed by atoms with Crippen molar-refractivity contribution < 1.29 is 4.79 Å². The highest BCUT2D eigenvalue weighted by molar-refractivity contribution is 7.18. The molecule has 3 aromatic rings. The van der Waals surface area contributed by atoms with Gasteiger partial charge in [0.25, 0.3) is 0 Å². The smallest absolute Gasteiger partial charge is 0.194 e. The molecule has 0 saturated heterocycles. The lowest BCUT2D eigenvalue weighted by molar-refractivity contribution is 0.112. The van der Waals surface area contributed by atoms with E-state index in [1.807, 2.05) is 17.5 Å². The SMILES string of the molecule is Cc1nnsc1-c1cn2cc(C=O)sc2n1. The van der Waals surface area contributed by atoms with Crippen LogP contribution in [-0.2, 0) is 0 Å². The number of rotatable bonds is 2. The number of aromatic nitrogens is 4. The maximum atomic E-state index is 10.6. The van der Waals surface area contributed by atoms with Crippen LogP contribution in [0.15, 0.2) is 12.4 Å². The Morgan fingerprint density at radius 1 is 1.44 bits per heavy atom. The van der Waals surface area contributed by atoms with E-state index >= 15 is 0 Å². The molecule has 5 nitrogen and oxygen atoms in total. The van der Waals surface area contributed by atoms with Crippen LogP contribution in [0.5, 0.6) is 0 Å². The molecule has 0 N–H and O–H groups in total. The van der Waals surface area contributed by atoms with Gasteiger partial charge in [-0.25, -0.2) is 4.98 Å². The molecule has 0 spiro atoms. The first-order valence-corrected chi connectivity index (χ1v) is 6.10. The summed E-state index contributed by atoms with van der Waals surface area (Å²) in [5.41, 5.74) is 1.74. The van der Waals surface area contributed by atoms with Crippen LogP contribution in [0.25, 0.3) is 15.5 Å². The molecule has 7 heteroatoms. The molecule has 0 atom stereocenters. The Morgan fingerprint density at radius 2 is 2.31 bits per heavy atom. The molecule has 3 aromatic heterocycles. The summed E-state index contributed by atoms with van der Waals surface area (Å²) in [5.74, 6) is 0. The predicted octanol–water partition coefficient (Wildman–Crippen LogP) is 2.04. The van der Waals surface area contributed by atoms with Crippen LogP contribution >= 0.6 is 22.9 Å². The van der Waals surface area contributed by atoms with Gasteiger partial charge in [-0.1, -0.05) is 15.8 Å². The first-order chi connectivity index (χ1) is 7.78. The van der Waals surface area contributed by atoms with Gasteiger partial charge in [0.1, 0.15) is 5.69 Å². The van der Waals surface area contributed by atoms with Crippen LogP contribution in [0.3, 0.4) is 0 Å². The molecule has 0 aliphatic rings. The Morgan fingerprint density at radius 3 is 2.94 bits per heavy atom. The molecular formula is C9H6N4OS2. The van der Waals surface area contributed by atoms with Gasteiger partial charge in [0, 0.05) is 12.4 Å². The van der Waals surface area contributed by atoms with Crippen LogP contribution < -0.4 is 0 Å². The number of hydrogen-bond donors (Lipinski definition) is 0. The van der Waals surface area contributed by atoms with E-state index in [0.717, 1.165) is 27.5 Å². The lowest BCUT2D eigenvalue weighted by atomic mass is 10.3. The second kappa shape index (κ2) is 3.46. The molecule has 0 amide bonds. The highest BCUT2D eigenvalue weighted by atomic mass is 32.1. The number of thiazole rings is 1. The van der Waals surface area contributed by atoms with Crippen molar-refractivity contribution in [2.45, 2.75) is 6.92 Å². The van der Waals surface area contributed by atoms with E-state index in [0.29, 0.717) is 4.88 Å². The lowest BCUT2D eigenvalue weighted by Gasteiger charge is -1.87. The molecule has 0 fully saturated rings. The zero-order chi connectivity index (χ0) is 11.1. The third kappa shape index (κ3) is 1.36. The summed E-state index contributed by atoms with van der Waals surface area (Å²) in [6, 6.07) is 0. The summed E-state index contributed by atoms with van der Waals surface area (Å²) in [6.07, 6.45) is 4.49. The summed E-state index contributed by atoms with van der Waals surface area (Å²) in [4.78, 5) is 17.5. The van der Waals surface area contributed by atoms with Crippen molar-refractivity contribution >= 4 is 34.1 Å². The van der Waals surface area contributed by atoms with Gasteiger partial charge < -0.3 is 0 Å². The quantitative estimate of drug-likeness (QED) is 0.653. The standard InChI is InChI=1S/C9H6N4OS2/c1-5-8(16-12-11-5)7-3-13-2-6(4-14)15-9(13)10-7/h2-4H,1H3. The molecule has 0 aromatic carbocycles. The lowest BCUT2D eigenvalue weighted by Crippen LogP contribution is -1.77. The molecule has 0 bridgehead atoms. The molecule has 0 unspecified atom stereocenters. The Bertz CT molecular complexity index is 634. The number of fused-ring (bicyclic) bond motifs is 1. The summed E-state index contributed by atoms with van der Waals surface area (Å²) in [7, 11) is 0. The number of aldehydes is 1. The second-order valence-electron chi connectivity index (χ2n) is 3.25. The van der Waals surface area contributed by atoms with Gasteiger partial charge in [0.15, 0.2) is 11.2 Å². The van der Waals surface area contributed by atoms with Crippen LogP contribution in [0.4, 0.5) is 0 Å². The summed E-state index contributed by atoms with van der Waals surface area (Å²) in [5, 5.41) is 3.95. The number of hydrogen-bond acceptors (Lipinski definition) is 6. The van der Waals surface area contributed by atoms with Crippen LogP contribution in [0, 0.1) is 6.92 Å². The Balaban J connectivity index is 2.16. The Labute approximate surface area is 98.5 Å². The van der Waals surface area contributed by atoms with Gasteiger partial charge in [-0.2, -0.15) is 0 Å². The van der Waals surface area contributed by atoms with Crippen molar-refractivity contribution in [2.75, 3.05) is 0 Å². The van der Waals surface area contributed by atoms with Crippen molar-refractivity contribution in [3.05, 3.63) is 23.0 Å². The molecule has 0 aliphatic heterocycles. The van der Waals surface area contributed by atoms with Gasteiger partial charge in [-0.15, -0.1) is 5.10 Å². The highest BCUT2D eigenvalue weighted by Gasteiger charge is 2.12. The van der Waals surface area contributed by atoms with Gasteiger partial charge in [0.2, 0.25) is 0 Å². The molecule has 0 aliphatic carbocycles. The zero-order valence-corrected chi connectivity index (χ0v) is 9.88. The molecule has 0 saturated carbocycles. The third-order valence-electron chi connectivity index (χ3n) is 2.17. The summed E-state index contributed by atoms with van der Waals surface area (Å²) >= 11 is 2.70. The van der Waals surface area contributed by atoms with Gasteiger partial charge in [0.05, 0.1) is 15.4 Å². The molecule has 0 radical (unpaired) electrons. The first-order valence-electron chi connectivity index (χ1n) is 4.51. The van der Waals surface area contributed by atoms with E-state index in [1.54, 1.807) is 6.20 Å². The fourth-order valence-corrected chi connectivity index (χ4v) is 2.83. The van der Waals surface area contributed by atoms with Crippen molar-refractivity contribution in [1.29, 1.82) is 0 Å². The number of imidazole rings is 1. The molecule has 3 rings (SSSR count). The maximum absolute atomic E-state index is 10.6. The number of nitrogens with zero attached hydrogens (tertiary/aromatic N) is 4.